The molecule has 2 heterocycles. The minimum Gasteiger partial charge on any atom is -0.290 e. The van der Waals surface area contributed by atoms with Crippen LogP contribution in [0.2, 0.25) is 0 Å². The smallest absolute Gasteiger partial charge is 0.194 e. The van der Waals surface area contributed by atoms with Gasteiger partial charge in [-0.05, 0) is 13.8 Å². The Morgan fingerprint density at radius 1 is 1.26 bits per heavy atom. The van der Waals surface area contributed by atoms with E-state index >= 15 is 0 Å². The summed E-state index contributed by atoms with van der Waals surface area (Å²) in [7, 11) is 0. The largest absolute Gasteiger partial charge is 0.290 e. The lowest BCUT2D eigenvalue weighted by atomic mass is 10.1. The average Bonchev–Trinajstić information content (AvgIpc) is 2.93. The van der Waals surface area contributed by atoms with Gasteiger partial charge in [-0.3, -0.25) is 4.40 Å². The molecule has 0 amide bonds. The Bertz CT molecular complexity index is 772. The van der Waals surface area contributed by atoms with Crippen LogP contribution < -0.4 is 0 Å². The number of aryl methyl sites for hydroxylation is 2. The molecule has 0 saturated heterocycles. The van der Waals surface area contributed by atoms with E-state index in [4.69, 9.17) is 5.26 Å². The van der Waals surface area contributed by atoms with E-state index in [2.05, 4.69) is 52.0 Å². The average molecular weight is 267 g/mol. The number of nitriles is 1. The molecule has 0 aliphatic heterocycles. The van der Waals surface area contributed by atoms with Crippen molar-refractivity contribution < 1.29 is 0 Å². The van der Waals surface area contributed by atoms with E-state index in [0.717, 1.165) is 27.6 Å². The first-order valence-electron chi connectivity index (χ1n) is 6.10. The van der Waals surface area contributed by atoms with E-state index in [1.807, 2.05) is 6.92 Å². The monoisotopic (exact) mass is 267 g/mol. The van der Waals surface area contributed by atoms with Gasteiger partial charge in [0.15, 0.2) is 4.96 Å². The Balaban J connectivity index is 2.25. The van der Waals surface area contributed by atoms with E-state index in [1.54, 1.807) is 11.3 Å². The number of thiazole rings is 1. The van der Waals surface area contributed by atoms with E-state index in [1.165, 1.54) is 5.56 Å². The van der Waals surface area contributed by atoms with Crippen molar-refractivity contribution in [3.63, 3.8) is 0 Å². The van der Waals surface area contributed by atoms with Crippen LogP contribution in [0.4, 0.5) is 0 Å². The van der Waals surface area contributed by atoms with Crippen molar-refractivity contribution >= 4 is 16.3 Å². The van der Waals surface area contributed by atoms with Crippen LogP contribution in [0, 0.1) is 25.2 Å². The quantitative estimate of drug-likeness (QED) is 0.709. The van der Waals surface area contributed by atoms with Crippen molar-refractivity contribution in [3.8, 4) is 17.3 Å². The fraction of sp³-hybridized carbons (Fsp3) is 0.200. The summed E-state index contributed by atoms with van der Waals surface area (Å²) in [5, 5.41) is 11.1. The maximum atomic E-state index is 9.05. The highest BCUT2D eigenvalue weighted by molar-refractivity contribution is 7.15. The predicted molar refractivity (Wildman–Crippen MR) is 77.3 cm³/mol. The van der Waals surface area contributed by atoms with Crippen LogP contribution in [0.25, 0.3) is 16.2 Å². The fourth-order valence-electron chi connectivity index (χ4n) is 2.25. The summed E-state index contributed by atoms with van der Waals surface area (Å²) in [6.45, 7) is 4.11. The van der Waals surface area contributed by atoms with Crippen LogP contribution in [0.1, 0.15) is 17.0 Å². The van der Waals surface area contributed by atoms with Crippen molar-refractivity contribution in [1.82, 2.24) is 9.38 Å². The van der Waals surface area contributed by atoms with Gasteiger partial charge >= 0.3 is 0 Å². The minimum absolute atomic E-state index is 0.377. The first-order chi connectivity index (χ1) is 9.20. The molecule has 19 heavy (non-hydrogen) atoms. The second kappa shape index (κ2) is 4.52. The van der Waals surface area contributed by atoms with Gasteiger partial charge in [-0.25, -0.2) is 4.98 Å². The lowest BCUT2D eigenvalue weighted by Crippen LogP contribution is -1.94. The van der Waals surface area contributed by atoms with Crippen LogP contribution in [-0.2, 0) is 6.42 Å². The number of hydrogen-bond acceptors (Lipinski definition) is 3. The molecular formula is C15H13N3S. The molecule has 3 nitrogen and oxygen atoms in total. The van der Waals surface area contributed by atoms with Crippen molar-refractivity contribution in [2.24, 2.45) is 0 Å². The second-order valence-electron chi connectivity index (χ2n) is 4.60. The molecule has 0 fully saturated rings. The molecule has 0 unspecified atom stereocenters. The molecule has 0 atom stereocenters. The Morgan fingerprint density at radius 3 is 2.68 bits per heavy atom. The van der Waals surface area contributed by atoms with Gasteiger partial charge in [0.2, 0.25) is 0 Å². The molecule has 4 heteroatoms. The molecule has 3 aromatic rings. The van der Waals surface area contributed by atoms with Crippen LogP contribution in [0.5, 0.6) is 0 Å². The van der Waals surface area contributed by atoms with Crippen molar-refractivity contribution in [2.75, 3.05) is 0 Å². The second-order valence-corrected chi connectivity index (χ2v) is 5.44. The fourth-order valence-corrected chi connectivity index (χ4v) is 3.13. The number of nitrogens with zero attached hydrogens (tertiary/aromatic N) is 3. The molecular weight excluding hydrogens is 254 g/mol. The lowest BCUT2D eigenvalue weighted by molar-refractivity contribution is 1.03. The first-order valence-corrected chi connectivity index (χ1v) is 6.98. The highest BCUT2D eigenvalue weighted by Crippen LogP contribution is 2.28. The molecule has 94 valence electrons. The van der Waals surface area contributed by atoms with Gasteiger partial charge in [0.25, 0.3) is 0 Å². The van der Waals surface area contributed by atoms with Gasteiger partial charge in [-0.15, -0.1) is 11.3 Å². The minimum atomic E-state index is 0.377. The summed E-state index contributed by atoms with van der Waals surface area (Å²) >= 11 is 1.62. The van der Waals surface area contributed by atoms with Crippen LogP contribution in [0.15, 0.2) is 29.6 Å². The summed E-state index contributed by atoms with van der Waals surface area (Å²) in [6.07, 6.45) is 0.377. The normalized spacial score (nSPS) is 10.8. The van der Waals surface area contributed by atoms with Crippen molar-refractivity contribution in [3.05, 3.63) is 46.6 Å². The predicted octanol–water partition coefficient (Wildman–Crippen LogP) is 3.75. The number of aromatic nitrogens is 2. The molecule has 0 bridgehead atoms. The number of benzene rings is 1. The molecule has 0 aliphatic rings. The molecule has 0 N–H and O–H groups in total. The first kappa shape index (κ1) is 11.9. The molecule has 0 spiro atoms. The van der Waals surface area contributed by atoms with Gasteiger partial charge in [0.1, 0.15) is 0 Å². The standard InChI is InChI=1S/C15H13N3S/c1-10-3-5-12(6-4-10)14-13(7-8-16)18-11(2)9-19-15(18)17-14/h3-6,9H,7H2,1-2H3. The zero-order chi connectivity index (χ0) is 13.4. The third kappa shape index (κ3) is 1.92. The summed E-state index contributed by atoms with van der Waals surface area (Å²) < 4.78 is 2.09. The zero-order valence-corrected chi connectivity index (χ0v) is 11.7. The molecule has 0 aliphatic carbocycles. The number of hydrogen-bond donors (Lipinski definition) is 0. The summed E-state index contributed by atoms with van der Waals surface area (Å²) in [4.78, 5) is 5.64. The Kier molecular flexibility index (Phi) is 2.84. The summed E-state index contributed by atoms with van der Waals surface area (Å²) in [5.74, 6) is 0. The SMILES string of the molecule is Cc1ccc(-c2nc3scc(C)n3c2CC#N)cc1. The van der Waals surface area contributed by atoms with Gasteiger partial charge in [-0.2, -0.15) is 5.26 Å². The van der Waals surface area contributed by atoms with Crippen molar-refractivity contribution in [2.45, 2.75) is 20.3 Å². The maximum absolute atomic E-state index is 9.05. The van der Waals surface area contributed by atoms with E-state index < -0.39 is 0 Å². The third-order valence-corrected chi connectivity index (χ3v) is 4.14. The third-order valence-electron chi connectivity index (χ3n) is 3.20. The Morgan fingerprint density at radius 2 is 2.00 bits per heavy atom. The van der Waals surface area contributed by atoms with Gasteiger partial charge < -0.3 is 0 Å². The highest BCUT2D eigenvalue weighted by Gasteiger charge is 2.16. The summed E-state index contributed by atoms with van der Waals surface area (Å²) in [6, 6.07) is 10.5. The van der Waals surface area contributed by atoms with Crippen LogP contribution >= 0.6 is 11.3 Å². The summed E-state index contributed by atoms with van der Waals surface area (Å²) in [5.41, 5.74) is 5.35. The number of rotatable bonds is 2. The molecule has 0 saturated carbocycles. The van der Waals surface area contributed by atoms with E-state index in [0.29, 0.717) is 6.42 Å². The zero-order valence-electron chi connectivity index (χ0n) is 10.8. The maximum Gasteiger partial charge on any atom is 0.194 e. The Hall–Kier alpha value is -2.12. The van der Waals surface area contributed by atoms with E-state index in [9.17, 15) is 0 Å². The topological polar surface area (TPSA) is 41.1 Å². The van der Waals surface area contributed by atoms with Crippen molar-refractivity contribution in [1.29, 1.82) is 5.26 Å². The molecule has 0 radical (unpaired) electrons. The Labute approximate surface area is 115 Å². The molecule has 3 rings (SSSR count). The molecule has 2 aromatic heterocycles. The highest BCUT2D eigenvalue weighted by atomic mass is 32.1. The van der Waals surface area contributed by atoms with E-state index in [-0.39, 0.29) is 0 Å². The molecule has 1 aromatic carbocycles. The van der Waals surface area contributed by atoms with Gasteiger partial charge in [0, 0.05) is 16.6 Å². The van der Waals surface area contributed by atoms with Gasteiger partial charge in [0.05, 0.1) is 23.9 Å². The number of fused-ring (bicyclic) bond motifs is 1. The lowest BCUT2D eigenvalue weighted by Gasteiger charge is -2.02. The van der Waals surface area contributed by atoms with Crippen LogP contribution in [-0.4, -0.2) is 9.38 Å². The van der Waals surface area contributed by atoms with Crippen LogP contribution in [0.3, 0.4) is 0 Å². The number of imidazole rings is 1. The van der Waals surface area contributed by atoms with Gasteiger partial charge in [-0.1, -0.05) is 29.8 Å².